The van der Waals surface area contributed by atoms with Crippen LogP contribution in [0.5, 0.6) is 0 Å². The number of aromatic nitrogens is 4. The molecule has 0 spiro atoms. The third kappa shape index (κ3) is 3.89. The molecule has 0 radical (unpaired) electrons. The molecule has 3 aromatic heterocycles. The molecule has 5 N–H and O–H groups in total. The Morgan fingerprint density at radius 2 is 2.06 bits per heavy atom. The van der Waals surface area contributed by atoms with Gasteiger partial charge in [0, 0.05) is 35.3 Å². The maximum absolute atomic E-state index is 15.1. The number of aliphatic hydroxyl groups is 1. The predicted molar refractivity (Wildman–Crippen MR) is 137 cm³/mol. The Balaban J connectivity index is 1.47. The van der Waals surface area contributed by atoms with Crippen LogP contribution in [0.4, 0.5) is 21.6 Å². The minimum absolute atomic E-state index is 0.0323. The van der Waals surface area contributed by atoms with Gasteiger partial charge in [0.15, 0.2) is 0 Å². The van der Waals surface area contributed by atoms with Gasteiger partial charge in [-0.05, 0) is 54.0 Å². The van der Waals surface area contributed by atoms with Gasteiger partial charge in [0.2, 0.25) is 0 Å². The minimum atomic E-state index is -0.525. The molecular formula is C27H23FN6O2. The molecule has 9 heteroatoms. The second kappa shape index (κ2) is 8.62. The summed E-state index contributed by atoms with van der Waals surface area (Å²) in [6.45, 7) is -0.361. The lowest BCUT2D eigenvalue weighted by molar-refractivity contribution is 0.282. The molecule has 1 saturated carbocycles. The molecule has 5 aromatic rings. The van der Waals surface area contributed by atoms with Crippen molar-refractivity contribution in [2.75, 3.05) is 11.1 Å². The van der Waals surface area contributed by atoms with Gasteiger partial charge in [-0.15, -0.1) is 0 Å². The van der Waals surface area contributed by atoms with Crippen LogP contribution in [0.2, 0.25) is 0 Å². The van der Waals surface area contributed by atoms with Crippen LogP contribution in [0.3, 0.4) is 0 Å². The summed E-state index contributed by atoms with van der Waals surface area (Å²) < 4.78 is 16.4. The summed E-state index contributed by atoms with van der Waals surface area (Å²) in [5, 5.41) is 20.7. The van der Waals surface area contributed by atoms with E-state index >= 15 is 4.39 Å². The number of hydrogen-bond donors (Lipinski definition) is 4. The molecule has 1 fully saturated rings. The molecule has 2 aromatic carbocycles. The molecule has 180 valence electrons. The summed E-state index contributed by atoms with van der Waals surface area (Å²) in [5.41, 5.74) is 9.81. The van der Waals surface area contributed by atoms with E-state index in [2.05, 4.69) is 20.5 Å². The lowest BCUT2D eigenvalue weighted by Gasteiger charge is -2.16. The lowest BCUT2D eigenvalue weighted by Crippen LogP contribution is -2.20. The first-order chi connectivity index (χ1) is 17.5. The van der Waals surface area contributed by atoms with Crippen LogP contribution in [-0.2, 0) is 6.61 Å². The average Bonchev–Trinajstić information content (AvgIpc) is 3.60. The van der Waals surface area contributed by atoms with Crippen LogP contribution in [0.25, 0.3) is 27.7 Å². The van der Waals surface area contributed by atoms with Crippen LogP contribution in [0.15, 0.2) is 71.9 Å². The standard InChI is InChI=1S/C27H23FN6O2/c28-22-9-17(15-4-5-15)8-16-6-7-34(27(36)26(16)22)24-3-1-2-20(21(24)14-35)23-10-18(29)11-25(33-23)32-19-12-30-31-13-19/h1-3,6-13,15,35H,4-5,14H2,(H,30,31)(H3,29,32,33). The van der Waals surface area contributed by atoms with E-state index in [-0.39, 0.29) is 12.0 Å². The van der Waals surface area contributed by atoms with E-state index in [0.29, 0.717) is 51.0 Å². The van der Waals surface area contributed by atoms with E-state index in [1.807, 2.05) is 6.07 Å². The van der Waals surface area contributed by atoms with Gasteiger partial charge in [0.05, 0.1) is 35.3 Å². The number of aromatic amines is 1. The number of hydrogen-bond acceptors (Lipinski definition) is 6. The zero-order chi connectivity index (χ0) is 24.8. The first-order valence-electron chi connectivity index (χ1n) is 11.6. The fourth-order valence-corrected chi connectivity index (χ4v) is 4.62. The van der Waals surface area contributed by atoms with E-state index in [0.717, 1.165) is 18.4 Å². The summed E-state index contributed by atoms with van der Waals surface area (Å²) in [7, 11) is 0. The van der Waals surface area contributed by atoms with E-state index in [4.69, 9.17) is 5.73 Å². The Labute approximate surface area is 205 Å². The number of benzene rings is 2. The molecule has 0 aliphatic heterocycles. The van der Waals surface area contributed by atoms with Crippen molar-refractivity contribution in [2.24, 2.45) is 0 Å². The van der Waals surface area contributed by atoms with E-state index in [1.54, 1.807) is 55.0 Å². The fourth-order valence-electron chi connectivity index (χ4n) is 4.62. The Morgan fingerprint density at radius 3 is 2.81 bits per heavy atom. The van der Waals surface area contributed by atoms with Gasteiger partial charge >= 0.3 is 0 Å². The molecule has 0 atom stereocenters. The average molecular weight is 483 g/mol. The van der Waals surface area contributed by atoms with Crippen LogP contribution < -0.4 is 16.6 Å². The van der Waals surface area contributed by atoms with E-state index in [1.165, 1.54) is 10.6 Å². The number of anilines is 3. The number of nitrogen functional groups attached to an aromatic ring is 1. The maximum atomic E-state index is 15.1. The SMILES string of the molecule is Nc1cc(Nc2cn[nH]c2)nc(-c2cccc(-n3ccc4cc(C5CC5)cc(F)c4c3=O)c2CO)c1. The van der Waals surface area contributed by atoms with Crippen LogP contribution >= 0.6 is 0 Å². The second-order valence-electron chi connectivity index (χ2n) is 8.98. The van der Waals surface area contributed by atoms with Gasteiger partial charge in [-0.3, -0.25) is 14.5 Å². The van der Waals surface area contributed by atoms with E-state index in [9.17, 15) is 9.90 Å². The molecular weight excluding hydrogens is 459 g/mol. The zero-order valence-corrected chi connectivity index (χ0v) is 19.2. The number of nitrogens with zero attached hydrogens (tertiary/aromatic N) is 3. The van der Waals surface area contributed by atoms with E-state index < -0.39 is 11.4 Å². The molecule has 36 heavy (non-hydrogen) atoms. The highest BCUT2D eigenvalue weighted by Crippen LogP contribution is 2.41. The molecule has 6 rings (SSSR count). The third-order valence-corrected chi connectivity index (χ3v) is 6.49. The van der Waals surface area contributed by atoms with Gasteiger partial charge in [0.25, 0.3) is 5.56 Å². The first-order valence-corrected chi connectivity index (χ1v) is 11.6. The number of fused-ring (bicyclic) bond motifs is 1. The monoisotopic (exact) mass is 482 g/mol. The number of aliphatic hydroxyl groups excluding tert-OH is 1. The molecule has 1 aliphatic carbocycles. The number of halogens is 1. The second-order valence-corrected chi connectivity index (χ2v) is 8.98. The van der Waals surface area contributed by atoms with Crippen molar-refractivity contribution >= 4 is 28.0 Å². The third-order valence-electron chi connectivity index (χ3n) is 6.49. The topological polar surface area (TPSA) is 122 Å². The normalized spacial score (nSPS) is 13.3. The summed E-state index contributed by atoms with van der Waals surface area (Å²) in [6.07, 6.45) is 7.02. The number of rotatable bonds is 6. The Bertz CT molecular complexity index is 1660. The molecule has 8 nitrogen and oxygen atoms in total. The van der Waals surface area contributed by atoms with Gasteiger partial charge < -0.3 is 16.2 Å². The van der Waals surface area contributed by atoms with Crippen LogP contribution in [-0.4, -0.2) is 24.9 Å². The fraction of sp³-hybridized carbons (Fsp3) is 0.148. The molecule has 1 aliphatic rings. The van der Waals surface area contributed by atoms with Crippen LogP contribution in [0.1, 0.15) is 29.9 Å². The van der Waals surface area contributed by atoms with Crippen molar-refractivity contribution in [3.63, 3.8) is 0 Å². The Kier molecular flexibility index (Phi) is 5.26. The molecule has 0 amide bonds. The van der Waals surface area contributed by atoms with Gasteiger partial charge in [-0.25, -0.2) is 9.37 Å². The summed E-state index contributed by atoms with van der Waals surface area (Å²) in [4.78, 5) is 18.1. The number of nitrogens with two attached hydrogens (primary N) is 1. The number of nitrogens with one attached hydrogen (secondary N) is 2. The zero-order valence-electron chi connectivity index (χ0n) is 19.2. The Hall–Kier alpha value is -4.50. The summed E-state index contributed by atoms with van der Waals surface area (Å²) >= 11 is 0. The van der Waals surface area contributed by atoms with Gasteiger partial charge in [0.1, 0.15) is 11.6 Å². The summed E-state index contributed by atoms with van der Waals surface area (Å²) in [6, 6.07) is 13.8. The maximum Gasteiger partial charge on any atom is 0.265 e. The minimum Gasteiger partial charge on any atom is -0.399 e. The first kappa shape index (κ1) is 22.0. The Morgan fingerprint density at radius 1 is 1.19 bits per heavy atom. The summed E-state index contributed by atoms with van der Waals surface area (Å²) in [5.74, 6) is 0.350. The predicted octanol–water partition coefficient (Wildman–Crippen LogP) is 4.61. The lowest BCUT2D eigenvalue weighted by atomic mass is 10.0. The van der Waals surface area contributed by atoms with Crippen molar-refractivity contribution in [3.8, 4) is 16.9 Å². The highest BCUT2D eigenvalue weighted by Gasteiger charge is 2.25. The number of pyridine rings is 2. The molecule has 3 heterocycles. The molecule has 0 saturated heterocycles. The largest absolute Gasteiger partial charge is 0.399 e. The van der Waals surface area contributed by atoms with Crippen molar-refractivity contribution < 1.29 is 9.50 Å². The van der Waals surface area contributed by atoms with Crippen molar-refractivity contribution in [1.29, 1.82) is 0 Å². The van der Waals surface area contributed by atoms with Crippen molar-refractivity contribution in [1.82, 2.24) is 19.7 Å². The molecule has 0 unspecified atom stereocenters. The quantitative estimate of drug-likeness (QED) is 0.280. The highest BCUT2D eigenvalue weighted by atomic mass is 19.1. The molecule has 0 bridgehead atoms. The number of H-pyrrole nitrogens is 1. The van der Waals surface area contributed by atoms with Gasteiger partial charge in [-0.1, -0.05) is 18.2 Å². The van der Waals surface area contributed by atoms with Gasteiger partial charge in [-0.2, -0.15) is 5.10 Å². The smallest absolute Gasteiger partial charge is 0.265 e. The van der Waals surface area contributed by atoms with Crippen LogP contribution in [0, 0.1) is 5.82 Å². The van der Waals surface area contributed by atoms with Crippen molar-refractivity contribution in [3.05, 3.63) is 94.4 Å². The van der Waals surface area contributed by atoms with Crippen molar-refractivity contribution in [2.45, 2.75) is 25.4 Å². The highest BCUT2D eigenvalue weighted by molar-refractivity contribution is 5.84.